The molecule has 0 saturated heterocycles. The standard InChI is InChI=1S/C26H33IN2O8/c1-3-4-23(32)29(13-16-5-8-36-15-16)20-11-18(26(34)28-6-7-30)12-21(24(20)33)37-25-19(27)9-17(14-31)10-22(25)35-2/h5,8-10,12,15,20-21,24,30-31,33H,3-4,6-7,11,13-14H2,1-2H3,(H,28,34)/t20-,21+,24+/m1/s1. The zero-order valence-electron chi connectivity index (χ0n) is 20.9. The molecule has 0 bridgehead atoms. The minimum absolute atomic E-state index is 0.0662. The van der Waals surface area contributed by atoms with Crippen molar-refractivity contribution in [3.63, 3.8) is 0 Å². The second-order valence-electron chi connectivity index (χ2n) is 8.69. The molecule has 0 unspecified atom stereocenters. The summed E-state index contributed by atoms with van der Waals surface area (Å²) in [6.07, 6.45) is 3.44. The molecule has 0 aliphatic heterocycles. The monoisotopic (exact) mass is 628 g/mol. The van der Waals surface area contributed by atoms with Crippen LogP contribution in [-0.2, 0) is 22.7 Å². The Morgan fingerprint density at radius 3 is 2.68 bits per heavy atom. The number of carbonyl (C=O) groups excluding carboxylic acids is 2. The van der Waals surface area contributed by atoms with Gasteiger partial charge in [0.05, 0.1) is 42.5 Å². The number of nitrogens with zero attached hydrogens (tertiary/aromatic N) is 1. The number of carbonyl (C=O) groups is 2. The van der Waals surface area contributed by atoms with Gasteiger partial charge in [0.2, 0.25) is 11.8 Å². The summed E-state index contributed by atoms with van der Waals surface area (Å²) in [4.78, 5) is 27.7. The van der Waals surface area contributed by atoms with Crippen molar-refractivity contribution in [1.29, 1.82) is 0 Å². The van der Waals surface area contributed by atoms with Gasteiger partial charge in [-0.1, -0.05) is 6.92 Å². The molecule has 1 aliphatic carbocycles. The van der Waals surface area contributed by atoms with Crippen LogP contribution < -0.4 is 14.8 Å². The van der Waals surface area contributed by atoms with Gasteiger partial charge in [-0.05, 0) is 58.9 Å². The van der Waals surface area contributed by atoms with Crippen LogP contribution in [-0.4, -0.2) is 70.5 Å². The predicted molar refractivity (Wildman–Crippen MR) is 143 cm³/mol. The van der Waals surface area contributed by atoms with E-state index in [1.165, 1.54) is 19.6 Å². The summed E-state index contributed by atoms with van der Waals surface area (Å²) in [5, 5.41) is 32.8. The summed E-state index contributed by atoms with van der Waals surface area (Å²) in [5.41, 5.74) is 1.72. The molecule has 1 aromatic heterocycles. The third-order valence-electron chi connectivity index (χ3n) is 6.06. The second kappa shape index (κ2) is 13.8. The van der Waals surface area contributed by atoms with E-state index in [2.05, 4.69) is 27.9 Å². The van der Waals surface area contributed by atoms with Gasteiger partial charge < -0.3 is 39.4 Å². The third-order valence-corrected chi connectivity index (χ3v) is 6.86. The molecule has 1 aromatic carbocycles. The first kappa shape index (κ1) is 29.0. The van der Waals surface area contributed by atoms with Crippen LogP contribution in [0.2, 0.25) is 0 Å². The molecule has 37 heavy (non-hydrogen) atoms. The summed E-state index contributed by atoms with van der Waals surface area (Å²) >= 11 is 2.05. The highest BCUT2D eigenvalue weighted by Crippen LogP contribution is 2.37. The van der Waals surface area contributed by atoms with E-state index in [0.29, 0.717) is 32.6 Å². The van der Waals surface area contributed by atoms with Gasteiger partial charge in [-0.2, -0.15) is 0 Å². The Morgan fingerprint density at radius 1 is 1.27 bits per heavy atom. The molecular weight excluding hydrogens is 595 g/mol. The lowest BCUT2D eigenvalue weighted by Gasteiger charge is -2.40. The molecule has 0 spiro atoms. The summed E-state index contributed by atoms with van der Waals surface area (Å²) in [7, 11) is 1.47. The number of aliphatic hydroxyl groups excluding tert-OH is 3. The number of methoxy groups -OCH3 is 1. The van der Waals surface area contributed by atoms with Crippen LogP contribution >= 0.6 is 22.6 Å². The average Bonchev–Trinajstić information content (AvgIpc) is 3.41. The average molecular weight is 628 g/mol. The van der Waals surface area contributed by atoms with Crippen molar-refractivity contribution in [3.8, 4) is 11.5 Å². The topological polar surface area (TPSA) is 142 Å². The number of amides is 2. The maximum Gasteiger partial charge on any atom is 0.247 e. The molecule has 2 amide bonds. The number of hydrogen-bond acceptors (Lipinski definition) is 8. The van der Waals surface area contributed by atoms with Crippen molar-refractivity contribution in [1.82, 2.24) is 10.2 Å². The number of furan rings is 1. The van der Waals surface area contributed by atoms with Gasteiger partial charge >= 0.3 is 0 Å². The zero-order chi connectivity index (χ0) is 26.9. The van der Waals surface area contributed by atoms with Crippen LogP contribution in [0.3, 0.4) is 0 Å². The number of hydrogen-bond donors (Lipinski definition) is 4. The summed E-state index contributed by atoms with van der Waals surface area (Å²) < 4.78 is 17.5. The first-order valence-corrected chi connectivity index (χ1v) is 13.1. The normalized spacial score (nSPS) is 19.2. The maximum atomic E-state index is 13.2. The molecule has 202 valence electrons. The van der Waals surface area contributed by atoms with Crippen molar-refractivity contribution in [3.05, 3.63) is 57.1 Å². The van der Waals surface area contributed by atoms with E-state index in [1.807, 2.05) is 6.92 Å². The minimum atomic E-state index is -1.17. The molecule has 3 rings (SSSR count). The van der Waals surface area contributed by atoms with E-state index in [-0.39, 0.29) is 45.1 Å². The molecule has 1 heterocycles. The van der Waals surface area contributed by atoms with E-state index in [1.54, 1.807) is 29.2 Å². The molecule has 0 radical (unpaired) electrons. The Morgan fingerprint density at radius 2 is 2.05 bits per heavy atom. The second-order valence-corrected chi connectivity index (χ2v) is 9.85. The fraction of sp³-hybridized carbons (Fsp3) is 0.462. The highest BCUT2D eigenvalue weighted by atomic mass is 127. The number of nitrogens with one attached hydrogen (secondary N) is 1. The van der Waals surface area contributed by atoms with Crippen LogP contribution in [0.15, 0.2) is 46.8 Å². The van der Waals surface area contributed by atoms with E-state index >= 15 is 0 Å². The lowest BCUT2D eigenvalue weighted by atomic mass is 9.87. The van der Waals surface area contributed by atoms with E-state index in [9.17, 15) is 19.8 Å². The molecule has 0 fully saturated rings. The fourth-order valence-electron chi connectivity index (χ4n) is 4.22. The van der Waals surface area contributed by atoms with Crippen molar-refractivity contribution < 1.29 is 38.8 Å². The number of rotatable bonds is 12. The first-order chi connectivity index (χ1) is 17.8. The Bertz CT molecular complexity index is 1090. The lowest BCUT2D eigenvalue weighted by molar-refractivity contribution is -0.139. The molecule has 10 nitrogen and oxygen atoms in total. The summed E-state index contributed by atoms with van der Waals surface area (Å²) in [6.45, 7) is 1.75. The number of halogens is 1. The van der Waals surface area contributed by atoms with Crippen LogP contribution in [0.5, 0.6) is 11.5 Å². The van der Waals surface area contributed by atoms with Gasteiger partial charge in [0.25, 0.3) is 0 Å². The maximum absolute atomic E-state index is 13.2. The van der Waals surface area contributed by atoms with E-state index < -0.39 is 24.2 Å². The van der Waals surface area contributed by atoms with E-state index in [0.717, 1.165) is 5.56 Å². The van der Waals surface area contributed by atoms with Crippen LogP contribution in [0.25, 0.3) is 0 Å². The van der Waals surface area contributed by atoms with Gasteiger partial charge in [-0.3, -0.25) is 9.59 Å². The van der Waals surface area contributed by atoms with Crippen molar-refractivity contribution in [2.45, 2.75) is 57.6 Å². The largest absolute Gasteiger partial charge is 0.493 e. The Labute approximate surface area is 229 Å². The molecule has 4 N–H and O–H groups in total. The Kier molecular flexibility index (Phi) is 10.8. The van der Waals surface area contributed by atoms with Crippen molar-refractivity contribution in [2.75, 3.05) is 20.3 Å². The third kappa shape index (κ3) is 7.24. The van der Waals surface area contributed by atoms with Crippen LogP contribution in [0.1, 0.15) is 37.3 Å². The highest BCUT2D eigenvalue weighted by molar-refractivity contribution is 14.1. The molecule has 11 heteroatoms. The SMILES string of the molecule is CCCC(=O)N(Cc1ccoc1)[C@@H]1CC(C(=O)NCCO)=C[C@H](Oc2c(I)cc(CO)cc2OC)[C@H]1O. The molecule has 2 aromatic rings. The van der Waals surface area contributed by atoms with Crippen molar-refractivity contribution >= 4 is 34.4 Å². The van der Waals surface area contributed by atoms with Crippen molar-refractivity contribution in [2.24, 2.45) is 0 Å². The summed E-state index contributed by atoms with van der Waals surface area (Å²) in [6, 6.07) is 4.35. The van der Waals surface area contributed by atoms with Crippen LogP contribution in [0.4, 0.5) is 0 Å². The van der Waals surface area contributed by atoms with Gasteiger partial charge in [0.15, 0.2) is 11.5 Å². The predicted octanol–water partition coefficient (Wildman–Crippen LogP) is 2.13. The first-order valence-electron chi connectivity index (χ1n) is 12.0. The minimum Gasteiger partial charge on any atom is -0.493 e. The molecular formula is C26H33IN2O8. The van der Waals surface area contributed by atoms with Gasteiger partial charge in [-0.15, -0.1) is 0 Å². The van der Waals surface area contributed by atoms with Gasteiger partial charge in [0, 0.05) is 37.1 Å². The van der Waals surface area contributed by atoms with Gasteiger partial charge in [0.1, 0.15) is 12.2 Å². The lowest BCUT2D eigenvalue weighted by Crippen LogP contribution is -2.54. The number of benzene rings is 1. The van der Waals surface area contributed by atoms with Crippen LogP contribution in [0, 0.1) is 3.57 Å². The molecule has 3 atom stereocenters. The summed E-state index contributed by atoms with van der Waals surface area (Å²) in [5.74, 6) is 0.130. The molecule has 0 saturated carbocycles. The van der Waals surface area contributed by atoms with Gasteiger partial charge in [-0.25, -0.2) is 0 Å². The molecule has 1 aliphatic rings. The van der Waals surface area contributed by atoms with E-state index in [4.69, 9.17) is 19.0 Å². The Hall–Kier alpha value is -2.61. The zero-order valence-corrected chi connectivity index (χ0v) is 23.0. The smallest absolute Gasteiger partial charge is 0.247 e. The highest BCUT2D eigenvalue weighted by Gasteiger charge is 2.40. The number of ether oxygens (including phenoxy) is 2. The fourth-order valence-corrected chi connectivity index (χ4v) is 5.01. The number of aliphatic hydroxyl groups is 3. The Balaban J connectivity index is 2.01. The quantitative estimate of drug-likeness (QED) is 0.262.